The van der Waals surface area contributed by atoms with Crippen LogP contribution in [0.5, 0.6) is 23.0 Å². The number of halogens is 1. The van der Waals surface area contributed by atoms with E-state index in [-0.39, 0.29) is 27.9 Å². The summed E-state index contributed by atoms with van der Waals surface area (Å²) in [7, 11) is -1.07. The normalized spacial score (nSPS) is 15.1. The Kier molecular flexibility index (Phi) is 6.28. The molecule has 8 nitrogen and oxygen atoms in total. The highest BCUT2D eigenvalue weighted by molar-refractivity contribution is 7.87. The Morgan fingerprint density at radius 3 is 2.35 bits per heavy atom. The van der Waals surface area contributed by atoms with Gasteiger partial charge in [0.2, 0.25) is 5.88 Å². The molecular formula is C24H19ClN2O6S. The van der Waals surface area contributed by atoms with Crippen LogP contribution in [-0.2, 0) is 10.1 Å². The van der Waals surface area contributed by atoms with Crippen LogP contribution in [0, 0.1) is 11.3 Å². The Balaban J connectivity index is 1.74. The summed E-state index contributed by atoms with van der Waals surface area (Å²) in [6, 6.07) is 17.5. The van der Waals surface area contributed by atoms with Crippen molar-refractivity contribution in [2.75, 3.05) is 14.2 Å². The van der Waals surface area contributed by atoms with Gasteiger partial charge >= 0.3 is 10.1 Å². The molecule has 174 valence electrons. The summed E-state index contributed by atoms with van der Waals surface area (Å²) in [6.07, 6.45) is 0. The van der Waals surface area contributed by atoms with Crippen molar-refractivity contribution in [1.29, 1.82) is 5.26 Å². The summed E-state index contributed by atoms with van der Waals surface area (Å²) < 4.78 is 46.9. The van der Waals surface area contributed by atoms with Crippen LogP contribution in [0.25, 0.3) is 0 Å². The van der Waals surface area contributed by atoms with Gasteiger partial charge in [0.25, 0.3) is 0 Å². The third-order valence-electron chi connectivity index (χ3n) is 5.24. The lowest BCUT2D eigenvalue weighted by atomic mass is 9.83. The molecule has 0 saturated carbocycles. The van der Waals surface area contributed by atoms with Gasteiger partial charge < -0.3 is 24.1 Å². The summed E-state index contributed by atoms with van der Waals surface area (Å²) in [5.41, 5.74) is 7.58. The Bertz CT molecular complexity index is 1430. The lowest BCUT2D eigenvalue weighted by Gasteiger charge is -2.27. The second kappa shape index (κ2) is 9.17. The van der Waals surface area contributed by atoms with Crippen LogP contribution >= 0.6 is 11.6 Å². The van der Waals surface area contributed by atoms with E-state index in [1.54, 1.807) is 24.3 Å². The molecule has 0 spiro atoms. The van der Waals surface area contributed by atoms with Crippen LogP contribution < -0.4 is 24.1 Å². The van der Waals surface area contributed by atoms with Gasteiger partial charge in [0.1, 0.15) is 28.0 Å². The molecule has 34 heavy (non-hydrogen) atoms. The van der Waals surface area contributed by atoms with Gasteiger partial charge in [0.05, 0.1) is 20.1 Å². The number of hydrogen-bond donors (Lipinski definition) is 1. The number of nitrogens with zero attached hydrogens (tertiary/aromatic N) is 1. The van der Waals surface area contributed by atoms with Crippen LogP contribution in [0.2, 0.25) is 5.02 Å². The van der Waals surface area contributed by atoms with Crippen molar-refractivity contribution in [3.05, 3.63) is 88.3 Å². The molecule has 4 rings (SSSR count). The molecule has 3 aromatic rings. The number of rotatable bonds is 6. The van der Waals surface area contributed by atoms with Crippen LogP contribution in [0.4, 0.5) is 0 Å². The minimum Gasteiger partial charge on any atom is -0.493 e. The van der Waals surface area contributed by atoms with E-state index in [0.717, 1.165) is 0 Å². The van der Waals surface area contributed by atoms with Gasteiger partial charge in [-0.15, -0.1) is 0 Å². The van der Waals surface area contributed by atoms with Crippen LogP contribution in [0.3, 0.4) is 0 Å². The number of nitriles is 1. The monoisotopic (exact) mass is 498 g/mol. The maximum absolute atomic E-state index is 12.7. The summed E-state index contributed by atoms with van der Waals surface area (Å²) in [4.78, 5) is -0.0510. The fourth-order valence-corrected chi connectivity index (χ4v) is 4.69. The van der Waals surface area contributed by atoms with E-state index in [2.05, 4.69) is 6.07 Å². The van der Waals surface area contributed by atoms with Crippen molar-refractivity contribution in [2.24, 2.45) is 5.73 Å². The molecule has 0 fully saturated rings. The lowest BCUT2D eigenvalue weighted by molar-refractivity contribution is 0.354. The smallest absolute Gasteiger partial charge is 0.339 e. The molecule has 0 aliphatic carbocycles. The Morgan fingerprint density at radius 2 is 1.71 bits per heavy atom. The molecule has 3 aromatic carbocycles. The Labute approximate surface area is 201 Å². The van der Waals surface area contributed by atoms with Crippen LogP contribution in [-0.4, -0.2) is 22.6 Å². The molecule has 1 atom stereocenters. The van der Waals surface area contributed by atoms with E-state index in [4.69, 9.17) is 35.7 Å². The molecule has 0 bridgehead atoms. The first-order valence-corrected chi connectivity index (χ1v) is 11.7. The number of ether oxygens (including phenoxy) is 3. The third kappa shape index (κ3) is 4.33. The zero-order valence-corrected chi connectivity index (χ0v) is 19.7. The SMILES string of the molecule is COc1ccc(C2C(C#N)=C(N)Oc3cc(OS(=O)(=O)c4ccc(Cl)cc4)ccc32)cc1OC. The molecule has 1 aliphatic rings. The highest BCUT2D eigenvalue weighted by Gasteiger charge is 2.32. The summed E-state index contributed by atoms with van der Waals surface area (Å²) >= 11 is 5.83. The maximum Gasteiger partial charge on any atom is 0.339 e. The Hall–Kier alpha value is -3.87. The van der Waals surface area contributed by atoms with Crippen LogP contribution in [0.15, 0.2) is 77.0 Å². The van der Waals surface area contributed by atoms with Crippen LogP contribution in [0.1, 0.15) is 17.0 Å². The van der Waals surface area contributed by atoms with Crippen molar-refractivity contribution >= 4 is 21.7 Å². The second-order valence-corrected chi connectivity index (χ2v) is 9.21. The fraction of sp³-hybridized carbons (Fsp3) is 0.125. The van der Waals surface area contributed by atoms with E-state index in [1.807, 2.05) is 0 Å². The molecule has 1 unspecified atom stereocenters. The predicted octanol–water partition coefficient (Wildman–Crippen LogP) is 4.34. The van der Waals surface area contributed by atoms with E-state index in [1.165, 1.54) is 50.6 Å². The van der Waals surface area contributed by atoms with Gasteiger partial charge in [0, 0.05) is 16.7 Å². The van der Waals surface area contributed by atoms with E-state index < -0.39 is 16.0 Å². The highest BCUT2D eigenvalue weighted by atomic mass is 35.5. The molecular weight excluding hydrogens is 480 g/mol. The Morgan fingerprint density at radius 1 is 1.00 bits per heavy atom. The van der Waals surface area contributed by atoms with Crippen molar-refractivity contribution in [3.63, 3.8) is 0 Å². The van der Waals surface area contributed by atoms with Crippen molar-refractivity contribution in [2.45, 2.75) is 10.8 Å². The number of benzene rings is 3. The van der Waals surface area contributed by atoms with Crippen molar-refractivity contribution < 1.29 is 26.8 Å². The van der Waals surface area contributed by atoms with Gasteiger partial charge in [0.15, 0.2) is 11.5 Å². The minimum absolute atomic E-state index is 0.0213. The number of hydrogen-bond acceptors (Lipinski definition) is 8. The van der Waals surface area contributed by atoms with Crippen molar-refractivity contribution in [1.82, 2.24) is 0 Å². The minimum atomic E-state index is -4.11. The molecule has 0 amide bonds. The molecule has 1 aliphatic heterocycles. The first kappa shape index (κ1) is 23.3. The maximum atomic E-state index is 12.7. The average Bonchev–Trinajstić information content (AvgIpc) is 2.82. The summed E-state index contributed by atoms with van der Waals surface area (Å²) in [5, 5.41) is 10.2. The second-order valence-electron chi connectivity index (χ2n) is 7.23. The fourth-order valence-electron chi connectivity index (χ4n) is 3.64. The predicted molar refractivity (Wildman–Crippen MR) is 125 cm³/mol. The largest absolute Gasteiger partial charge is 0.493 e. The first-order valence-electron chi connectivity index (χ1n) is 9.91. The van der Waals surface area contributed by atoms with E-state index >= 15 is 0 Å². The number of nitrogens with two attached hydrogens (primary N) is 1. The highest BCUT2D eigenvalue weighted by Crippen LogP contribution is 2.45. The zero-order chi connectivity index (χ0) is 24.5. The first-order chi connectivity index (χ1) is 16.3. The molecule has 0 radical (unpaired) electrons. The summed E-state index contributed by atoms with van der Waals surface area (Å²) in [5.74, 6) is 0.638. The van der Waals surface area contributed by atoms with Gasteiger partial charge in [-0.3, -0.25) is 0 Å². The topological polar surface area (TPSA) is 121 Å². The summed E-state index contributed by atoms with van der Waals surface area (Å²) in [6.45, 7) is 0. The molecule has 0 saturated heterocycles. The quantitative estimate of drug-likeness (QED) is 0.498. The number of methoxy groups -OCH3 is 2. The lowest BCUT2D eigenvalue weighted by Crippen LogP contribution is -2.21. The van der Waals surface area contributed by atoms with E-state index in [0.29, 0.717) is 27.6 Å². The number of allylic oxidation sites excluding steroid dienone is 1. The average molecular weight is 499 g/mol. The van der Waals surface area contributed by atoms with Crippen molar-refractivity contribution in [3.8, 4) is 29.1 Å². The van der Waals surface area contributed by atoms with E-state index in [9.17, 15) is 13.7 Å². The molecule has 2 N–H and O–H groups in total. The van der Waals surface area contributed by atoms with Gasteiger partial charge in [-0.25, -0.2) is 0 Å². The van der Waals surface area contributed by atoms with Gasteiger partial charge in [-0.1, -0.05) is 23.7 Å². The molecule has 10 heteroatoms. The zero-order valence-electron chi connectivity index (χ0n) is 18.1. The van der Waals surface area contributed by atoms with Gasteiger partial charge in [-0.2, -0.15) is 13.7 Å². The molecule has 0 aromatic heterocycles. The standard InChI is InChI=1S/C24H19ClN2O6S/c1-30-20-10-3-14(11-22(20)31-2)23-18-9-6-16(12-21(18)32-24(27)19(23)13-26)33-34(28,29)17-7-4-15(25)5-8-17/h3-12,23H,27H2,1-2H3. The molecule has 1 heterocycles. The number of fused-ring (bicyclic) bond motifs is 1. The third-order valence-corrected chi connectivity index (χ3v) is 6.75. The van der Waals surface area contributed by atoms with Gasteiger partial charge in [-0.05, 0) is 48.0 Å².